The minimum atomic E-state index is -1.05. The van der Waals surface area contributed by atoms with E-state index in [1.807, 2.05) is 12.1 Å². The zero-order chi connectivity index (χ0) is 22.0. The fraction of sp³-hybridized carbons (Fsp3) is 0.143. The summed E-state index contributed by atoms with van der Waals surface area (Å²) in [5.41, 5.74) is 0.725. The van der Waals surface area contributed by atoms with Gasteiger partial charge in [0.05, 0.1) is 11.5 Å². The van der Waals surface area contributed by atoms with E-state index < -0.39 is 29.1 Å². The zero-order valence-corrected chi connectivity index (χ0v) is 17.5. The Bertz CT molecular complexity index is 1230. The fourth-order valence-electron chi connectivity index (χ4n) is 3.22. The molecule has 1 aliphatic rings. The molecule has 0 spiro atoms. The van der Waals surface area contributed by atoms with Crippen molar-refractivity contribution in [2.45, 2.75) is 23.2 Å². The number of aromatic amines is 1. The van der Waals surface area contributed by atoms with Crippen molar-refractivity contribution < 1.29 is 14.0 Å². The lowest BCUT2D eigenvalue weighted by Gasteiger charge is -2.23. The number of amides is 2. The van der Waals surface area contributed by atoms with Crippen LogP contribution in [-0.4, -0.2) is 21.8 Å². The third-order valence-corrected chi connectivity index (χ3v) is 5.78. The van der Waals surface area contributed by atoms with Crippen LogP contribution in [0.25, 0.3) is 0 Å². The first-order valence-electron chi connectivity index (χ1n) is 9.27. The molecule has 4 rings (SSSR count). The summed E-state index contributed by atoms with van der Waals surface area (Å²) in [5.74, 6) is -2.03. The van der Waals surface area contributed by atoms with Crippen LogP contribution in [0.4, 0.5) is 15.9 Å². The molecule has 0 radical (unpaired) electrons. The normalized spacial score (nSPS) is 15.2. The monoisotopic (exact) mass is 458 g/mol. The minimum absolute atomic E-state index is 0.0491. The van der Waals surface area contributed by atoms with Gasteiger partial charge in [-0.15, -0.1) is 0 Å². The van der Waals surface area contributed by atoms with Crippen molar-refractivity contribution in [2.24, 2.45) is 0 Å². The number of rotatable bonds is 5. The average Bonchev–Trinajstić information content (AvgIpc) is 2.71. The van der Waals surface area contributed by atoms with Gasteiger partial charge in [-0.1, -0.05) is 41.6 Å². The first-order valence-corrected chi connectivity index (χ1v) is 10.6. The number of carbonyl (C=O) groups excluding carboxylic acids is 2. The SMILES string of the molecule is O=C1C[C@H](C(=O)Nc2cccc(F)c2)c2c(nc(SCc3cccc(Cl)c3)[nH]c2=O)N1. The molecule has 0 saturated heterocycles. The van der Waals surface area contributed by atoms with Gasteiger partial charge >= 0.3 is 0 Å². The lowest BCUT2D eigenvalue weighted by Crippen LogP contribution is -2.36. The lowest BCUT2D eigenvalue weighted by molar-refractivity contribution is -0.123. The number of benzene rings is 2. The number of nitrogens with zero attached hydrogens (tertiary/aromatic N) is 1. The molecule has 3 aromatic rings. The second-order valence-corrected chi connectivity index (χ2v) is 8.26. The average molecular weight is 459 g/mol. The zero-order valence-electron chi connectivity index (χ0n) is 15.9. The van der Waals surface area contributed by atoms with Gasteiger partial charge in [0.25, 0.3) is 5.56 Å². The van der Waals surface area contributed by atoms with Crippen molar-refractivity contribution in [3.05, 3.63) is 80.9 Å². The van der Waals surface area contributed by atoms with Crippen LogP contribution in [0.1, 0.15) is 23.5 Å². The largest absolute Gasteiger partial charge is 0.325 e. The Kier molecular flexibility index (Phi) is 6.06. The highest BCUT2D eigenvalue weighted by atomic mass is 35.5. The lowest BCUT2D eigenvalue weighted by atomic mass is 9.92. The quantitative estimate of drug-likeness (QED) is 0.397. The second-order valence-electron chi connectivity index (χ2n) is 6.86. The molecule has 7 nitrogen and oxygen atoms in total. The van der Waals surface area contributed by atoms with Crippen molar-refractivity contribution in [3.8, 4) is 0 Å². The number of halogens is 2. The van der Waals surface area contributed by atoms with Crippen LogP contribution in [0.2, 0.25) is 5.02 Å². The summed E-state index contributed by atoms with van der Waals surface area (Å²) in [6, 6.07) is 12.6. The Morgan fingerprint density at radius 1 is 1.23 bits per heavy atom. The number of anilines is 2. The highest BCUT2D eigenvalue weighted by molar-refractivity contribution is 7.98. The molecule has 2 heterocycles. The molecule has 1 aromatic heterocycles. The molecule has 1 atom stereocenters. The minimum Gasteiger partial charge on any atom is -0.325 e. The van der Waals surface area contributed by atoms with Gasteiger partial charge in [0.1, 0.15) is 11.6 Å². The molecule has 0 aliphatic carbocycles. The number of fused-ring (bicyclic) bond motifs is 1. The molecule has 0 bridgehead atoms. The van der Waals surface area contributed by atoms with Crippen molar-refractivity contribution in [1.29, 1.82) is 0 Å². The molecular weight excluding hydrogens is 443 g/mol. The number of nitrogens with one attached hydrogen (secondary N) is 3. The van der Waals surface area contributed by atoms with E-state index in [2.05, 4.69) is 20.6 Å². The van der Waals surface area contributed by atoms with Gasteiger partial charge in [-0.05, 0) is 35.9 Å². The van der Waals surface area contributed by atoms with Crippen LogP contribution in [0, 0.1) is 5.82 Å². The fourth-order valence-corrected chi connectivity index (χ4v) is 4.23. The molecule has 1 aliphatic heterocycles. The molecule has 10 heteroatoms. The highest BCUT2D eigenvalue weighted by Crippen LogP contribution is 2.31. The predicted molar refractivity (Wildman–Crippen MR) is 117 cm³/mol. The van der Waals surface area contributed by atoms with Gasteiger partial charge in [0.15, 0.2) is 5.16 Å². The van der Waals surface area contributed by atoms with Gasteiger partial charge in [0, 0.05) is 22.9 Å². The molecule has 31 heavy (non-hydrogen) atoms. The van der Waals surface area contributed by atoms with Gasteiger partial charge in [-0.25, -0.2) is 9.37 Å². The smallest absolute Gasteiger partial charge is 0.257 e. The molecule has 0 unspecified atom stereocenters. The maximum Gasteiger partial charge on any atom is 0.257 e. The first kappa shape index (κ1) is 21.1. The molecule has 2 amide bonds. The van der Waals surface area contributed by atoms with E-state index in [4.69, 9.17) is 11.6 Å². The predicted octanol–water partition coefficient (Wildman–Crippen LogP) is 3.92. The Hall–Kier alpha value is -3.17. The standard InChI is InChI=1S/C21H16ClFN4O3S/c22-12-4-1-3-11(7-12)10-31-21-26-18-17(20(30)27-21)15(9-16(28)25-18)19(29)24-14-6-2-5-13(23)8-14/h1-8,15H,9-10H2,(H,24,29)(H2,25,26,27,28,30)/t15-/m0/s1. The van der Waals surface area contributed by atoms with Gasteiger partial charge in [-0.2, -0.15) is 0 Å². The van der Waals surface area contributed by atoms with Crippen LogP contribution in [-0.2, 0) is 15.3 Å². The molecule has 158 valence electrons. The van der Waals surface area contributed by atoms with Crippen molar-refractivity contribution in [1.82, 2.24) is 9.97 Å². The second kappa shape index (κ2) is 8.91. The summed E-state index contributed by atoms with van der Waals surface area (Å²) in [6.45, 7) is 0. The molecule has 2 aromatic carbocycles. The van der Waals surface area contributed by atoms with Gasteiger partial charge < -0.3 is 15.6 Å². The maximum absolute atomic E-state index is 13.4. The molecule has 0 fully saturated rings. The number of hydrogen-bond donors (Lipinski definition) is 3. The number of hydrogen-bond acceptors (Lipinski definition) is 5. The number of H-pyrrole nitrogens is 1. The van der Waals surface area contributed by atoms with Crippen LogP contribution in [0.15, 0.2) is 58.5 Å². The third-order valence-electron chi connectivity index (χ3n) is 4.60. The Morgan fingerprint density at radius 2 is 2.03 bits per heavy atom. The van der Waals surface area contributed by atoms with Gasteiger partial charge in [-0.3, -0.25) is 14.4 Å². The van der Waals surface area contributed by atoms with Crippen LogP contribution >= 0.6 is 23.4 Å². The van der Waals surface area contributed by atoms with E-state index in [-0.39, 0.29) is 23.5 Å². The van der Waals surface area contributed by atoms with E-state index in [0.29, 0.717) is 15.9 Å². The third kappa shape index (κ3) is 4.95. The molecule has 3 N–H and O–H groups in total. The summed E-state index contributed by atoms with van der Waals surface area (Å²) >= 11 is 7.25. The Morgan fingerprint density at radius 3 is 2.81 bits per heavy atom. The number of carbonyl (C=O) groups is 2. The van der Waals surface area contributed by atoms with Crippen molar-refractivity contribution >= 4 is 46.7 Å². The van der Waals surface area contributed by atoms with Crippen LogP contribution in [0.3, 0.4) is 0 Å². The highest BCUT2D eigenvalue weighted by Gasteiger charge is 2.34. The molecular formula is C21H16ClFN4O3S. The first-order chi connectivity index (χ1) is 14.9. The van der Waals surface area contributed by atoms with E-state index in [0.717, 1.165) is 11.6 Å². The Labute approximate surface area is 185 Å². The maximum atomic E-state index is 13.4. The summed E-state index contributed by atoms with van der Waals surface area (Å²) in [7, 11) is 0. The van der Waals surface area contributed by atoms with Crippen LogP contribution in [0.5, 0.6) is 0 Å². The summed E-state index contributed by atoms with van der Waals surface area (Å²) < 4.78 is 13.4. The van der Waals surface area contributed by atoms with Crippen molar-refractivity contribution in [2.75, 3.05) is 10.6 Å². The summed E-state index contributed by atoms with van der Waals surface area (Å²) in [6.07, 6.45) is -0.214. The van der Waals surface area contributed by atoms with Crippen LogP contribution < -0.4 is 16.2 Å². The van der Waals surface area contributed by atoms with Crippen molar-refractivity contribution in [3.63, 3.8) is 0 Å². The van der Waals surface area contributed by atoms with Gasteiger partial charge in [0.2, 0.25) is 11.8 Å². The molecule has 0 saturated carbocycles. The van der Waals surface area contributed by atoms with E-state index >= 15 is 0 Å². The van der Waals surface area contributed by atoms with E-state index in [1.165, 1.54) is 30.0 Å². The number of aromatic nitrogens is 2. The topological polar surface area (TPSA) is 104 Å². The number of thioether (sulfide) groups is 1. The summed E-state index contributed by atoms with van der Waals surface area (Å²) in [4.78, 5) is 44.7. The van der Waals surface area contributed by atoms with E-state index in [1.54, 1.807) is 12.1 Å². The summed E-state index contributed by atoms with van der Waals surface area (Å²) in [5, 5.41) is 6.01. The Balaban J connectivity index is 1.58. The van der Waals surface area contributed by atoms with E-state index in [9.17, 15) is 18.8 Å².